The van der Waals surface area contributed by atoms with Crippen molar-refractivity contribution in [1.82, 2.24) is 15.1 Å². The summed E-state index contributed by atoms with van der Waals surface area (Å²) in [5, 5.41) is 22.3. The molecule has 0 saturated heterocycles. The van der Waals surface area contributed by atoms with E-state index in [0.29, 0.717) is 24.6 Å². The highest BCUT2D eigenvalue weighted by atomic mass is 127. The number of amides is 2. The highest BCUT2D eigenvalue weighted by Gasteiger charge is 2.40. The van der Waals surface area contributed by atoms with Crippen molar-refractivity contribution in [2.75, 3.05) is 26.7 Å². The number of carbonyl (C=O) groups is 3. The first-order valence-electron chi connectivity index (χ1n) is 11.9. The Bertz CT molecular complexity index is 1120. The number of nitrogens with zero attached hydrogens (tertiary/aromatic N) is 2. The molecule has 2 amide bonds. The third kappa shape index (κ3) is 5.39. The third-order valence-electron chi connectivity index (χ3n) is 6.82. The Hall–Kier alpha value is -2.82. The number of benzene rings is 1. The van der Waals surface area contributed by atoms with Crippen LogP contribution in [0.5, 0.6) is 0 Å². The van der Waals surface area contributed by atoms with Crippen molar-refractivity contribution >= 4 is 46.1 Å². The first-order valence-corrected chi connectivity index (χ1v) is 12.9. The molecule has 2 atom stereocenters. The maximum atomic E-state index is 12.6. The number of aliphatic carboxylic acids is 1. The van der Waals surface area contributed by atoms with E-state index in [9.17, 15) is 24.6 Å². The Balaban J connectivity index is 1.39. The summed E-state index contributed by atoms with van der Waals surface area (Å²) >= 11 is 2.23. The molecule has 0 bridgehead atoms. The van der Waals surface area contributed by atoms with E-state index >= 15 is 0 Å². The molecule has 0 radical (unpaired) electrons. The van der Waals surface area contributed by atoms with E-state index < -0.39 is 5.97 Å². The second kappa shape index (κ2) is 10.4. The fraction of sp³-hybridized carbons (Fsp3) is 0.423. The number of hydrogen-bond acceptors (Lipinski definition) is 5. The number of aliphatic hydroxyl groups is 1. The zero-order valence-corrected chi connectivity index (χ0v) is 22.0. The quantitative estimate of drug-likeness (QED) is 0.379. The molecule has 9 heteroatoms. The maximum Gasteiger partial charge on any atom is 0.339 e. The second-order valence-corrected chi connectivity index (χ2v) is 10.4. The van der Waals surface area contributed by atoms with Gasteiger partial charge in [0.25, 0.3) is 5.91 Å². The average Bonchev–Trinajstić information content (AvgIpc) is 3.62. The van der Waals surface area contributed by atoms with Crippen LogP contribution >= 0.6 is 22.6 Å². The summed E-state index contributed by atoms with van der Waals surface area (Å²) in [7, 11) is 1.91. The van der Waals surface area contributed by atoms with Gasteiger partial charge in [0.2, 0.25) is 5.91 Å². The number of nitrogens with one attached hydrogen (secondary N) is 1. The number of fused-ring (bicyclic) bond motifs is 1. The molecule has 1 heterocycles. The van der Waals surface area contributed by atoms with Crippen LogP contribution in [0.25, 0.3) is 5.70 Å². The van der Waals surface area contributed by atoms with Crippen molar-refractivity contribution in [3.8, 4) is 0 Å². The van der Waals surface area contributed by atoms with Gasteiger partial charge in [-0.2, -0.15) is 0 Å². The lowest BCUT2D eigenvalue weighted by molar-refractivity contribution is -0.133. The first kappa shape index (κ1) is 25.3. The van der Waals surface area contributed by atoms with Gasteiger partial charge in [0.05, 0.1) is 17.3 Å². The van der Waals surface area contributed by atoms with Crippen molar-refractivity contribution in [2.24, 2.45) is 11.8 Å². The van der Waals surface area contributed by atoms with Crippen LogP contribution in [0.3, 0.4) is 0 Å². The average molecular weight is 591 g/mol. The zero-order chi connectivity index (χ0) is 25.3. The van der Waals surface area contributed by atoms with Gasteiger partial charge in [-0.15, -0.1) is 0 Å². The molecule has 35 heavy (non-hydrogen) atoms. The van der Waals surface area contributed by atoms with Gasteiger partial charge in [-0.05, 0) is 72.0 Å². The maximum absolute atomic E-state index is 12.6. The van der Waals surface area contributed by atoms with E-state index in [0.717, 1.165) is 21.4 Å². The van der Waals surface area contributed by atoms with Crippen LogP contribution in [0.1, 0.15) is 42.1 Å². The van der Waals surface area contributed by atoms with Gasteiger partial charge in [0, 0.05) is 48.2 Å². The van der Waals surface area contributed by atoms with Crippen molar-refractivity contribution < 1.29 is 24.6 Å². The number of hydrogen-bond donors (Lipinski definition) is 3. The summed E-state index contributed by atoms with van der Waals surface area (Å²) in [5.74, 6) is -1.06. The molecular weight excluding hydrogens is 561 g/mol. The Morgan fingerprint density at radius 3 is 2.46 bits per heavy atom. The minimum absolute atomic E-state index is 0.0717. The highest BCUT2D eigenvalue weighted by molar-refractivity contribution is 14.1. The Morgan fingerprint density at radius 2 is 1.86 bits per heavy atom. The minimum Gasteiger partial charge on any atom is -0.507 e. The molecule has 1 aromatic rings. The summed E-state index contributed by atoms with van der Waals surface area (Å²) in [6.07, 6.45) is 5.86. The molecule has 186 valence electrons. The molecule has 0 aromatic heterocycles. The largest absolute Gasteiger partial charge is 0.507 e. The smallest absolute Gasteiger partial charge is 0.339 e. The van der Waals surface area contributed by atoms with Crippen LogP contribution in [0.4, 0.5) is 0 Å². The molecule has 1 aliphatic heterocycles. The summed E-state index contributed by atoms with van der Waals surface area (Å²) < 4.78 is 0.972. The van der Waals surface area contributed by atoms with E-state index in [2.05, 4.69) is 27.9 Å². The number of rotatable bonds is 9. The van der Waals surface area contributed by atoms with Gasteiger partial charge in [-0.3, -0.25) is 9.59 Å². The number of likely N-dealkylation sites (N-methyl/N-ethyl adjacent to an activating group) is 1. The van der Waals surface area contributed by atoms with Gasteiger partial charge in [-0.1, -0.05) is 18.2 Å². The molecule has 0 spiro atoms. The summed E-state index contributed by atoms with van der Waals surface area (Å²) in [4.78, 5) is 40.3. The van der Waals surface area contributed by atoms with Crippen LogP contribution in [0.2, 0.25) is 0 Å². The van der Waals surface area contributed by atoms with E-state index in [1.807, 2.05) is 35.9 Å². The molecule has 8 nitrogen and oxygen atoms in total. The van der Waals surface area contributed by atoms with Crippen LogP contribution in [-0.4, -0.2) is 70.5 Å². The SMILES string of the molecule is CCN(CC1CC1)C(=O)CCNC(=O)c1ccc(C2=C(I)C3C=C(C(=O)O)C(O)=CC3N2C)cc1. The van der Waals surface area contributed by atoms with Crippen molar-refractivity contribution in [2.45, 2.75) is 32.2 Å². The summed E-state index contributed by atoms with van der Waals surface area (Å²) in [5.41, 5.74) is 2.25. The number of carbonyl (C=O) groups excluding carboxylic acids is 2. The van der Waals surface area contributed by atoms with Crippen LogP contribution in [0, 0.1) is 11.8 Å². The van der Waals surface area contributed by atoms with Gasteiger partial charge < -0.3 is 25.3 Å². The van der Waals surface area contributed by atoms with Crippen molar-refractivity contribution in [3.05, 3.63) is 62.5 Å². The molecule has 1 fully saturated rings. The van der Waals surface area contributed by atoms with Gasteiger partial charge in [0.1, 0.15) is 5.76 Å². The zero-order valence-electron chi connectivity index (χ0n) is 19.8. The lowest BCUT2D eigenvalue weighted by Gasteiger charge is -2.28. The Kier molecular flexibility index (Phi) is 7.53. The number of halogens is 1. The molecule has 3 N–H and O–H groups in total. The van der Waals surface area contributed by atoms with E-state index in [-0.39, 0.29) is 41.5 Å². The normalized spacial score (nSPS) is 21.3. The third-order valence-corrected chi connectivity index (χ3v) is 8.05. The van der Waals surface area contributed by atoms with Crippen molar-refractivity contribution in [3.63, 3.8) is 0 Å². The van der Waals surface area contributed by atoms with E-state index in [1.165, 1.54) is 12.8 Å². The predicted molar refractivity (Wildman–Crippen MR) is 141 cm³/mol. The van der Waals surface area contributed by atoms with Crippen LogP contribution < -0.4 is 5.32 Å². The predicted octanol–water partition coefficient (Wildman–Crippen LogP) is 3.57. The number of carboxylic acids is 1. The topological polar surface area (TPSA) is 110 Å². The molecule has 1 aromatic carbocycles. The molecule has 1 saturated carbocycles. The van der Waals surface area contributed by atoms with Crippen molar-refractivity contribution in [1.29, 1.82) is 0 Å². The molecule has 2 unspecified atom stereocenters. The van der Waals surface area contributed by atoms with Gasteiger partial charge in [0.15, 0.2) is 0 Å². The standard InChI is InChI=1S/C26H30IN3O5/c1-3-30(14-15-4-5-15)22(32)10-11-28-25(33)17-8-6-16(7-9-17)24-23(27)18-12-19(26(34)35)21(31)13-20(18)29(24)2/h6-9,12-13,15,18,20,31H,3-5,10-11,14H2,1-2H3,(H,28,33)(H,34,35). The lowest BCUT2D eigenvalue weighted by Crippen LogP contribution is -2.35. The fourth-order valence-corrected chi connectivity index (χ4v) is 5.87. The molecule has 4 rings (SSSR count). The number of carboxylic acid groups (broad SMARTS) is 1. The molecular formula is C26H30IN3O5. The Labute approximate surface area is 218 Å². The highest BCUT2D eigenvalue weighted by Crippen LogP contribution is 2.46. The Morgan fingerprint density at radius 1 is 1.17 bits per heavy atom. The van der Waals surface area contributed by atoms with E-state index in [4.69, 9.17) is 0 Å². The minimum atomic E-state index is -1.15. The summed E-state index contributed by atoms with van der Waals surface area (Å²) in [6.45, 7) is 3.79. The van der Waals surface area contributed by atoms with Crippen LogP contribution in [0.15, 0.2) is 51.3 Å². The van der Waals surface area contributed by atoms with Gasteiger partial charge >= 0.3 is 5.97 Å². The first-order chi connectivity index (χ1) is 16.7. The second-order valence-electron chi connectivity index (χ2n) is 9.22. The lowest BCUT2D eigenvalue weighted by atomic mass is 9.91. The fourth-order valence-electron chi connectivity index (χ4n) is 4.63. The number of aliphatic hydroxyl groups excluding tert-OH is 1. The van der Waals surface area contributed by atoms with E-state index in [1.54, 1.807) is 24.3 Å². The van der Waals surface area contributed by atoms with Crippen LogP contribution in [-0.2, 0) is 9.59 Å². The molecule has 3 aliphatic rings. The molecule has 2 aliphatic carbocycles. The monoisotopic (exact) mass is 591 g/mol. The van der Waals surface area contributed by atoms with Gasteiger partial charge in [-0.25, -0.2) is 4.79 Å². The summed E-state index contributed by atoms with van der Waals surface area (Å²) in [6, 6.07) is 7.04.